The summed E-state index contributed by atoms with van der Waals surface area (Å²) in [7, 11) is 0. The van der Waals surface area contributed by atoms with Gasteiger partial charge in [0.15, 0.2) is 17.3 Å². The zero-order valence-corrected chi connectivity index (χ0v) is 17.3. The van der Waals surface area contributed by atoms with Crippen molar-refractivity contribution in [1.29, 1.82) is 0 Å². The van der Waals surface area contributed by atoms with Crippen LogP contribution in [0.4, 0.5) is 14.5 Å². The van der Waals surface area contributed by atoms with Gasteiger partial charge in [0.25, 0.3) is 0 Å². The summed E-state index contributed by atoms with van der Waals surface area (Å²) in [6, 6.07) is 4.18. The zero-order valence-electron chi connectivity index (χ0n) is 17.3. The minimum atomic E-state index is -1.97. The maximum Gasteiger partial charge on any atom is 0.328 e. The van der Waals surface area contributed by atoms with Crippen LogP contribution in [-0.2, 0) is 19.1 Å². The Bertz CT molecular complexity index is 1050. The van der Waals surface area contributed by atoms with Gasteiger partial charge in [-0.15, -0.1) is 0 Å². The molecule has 0 unspecified atom stereocenters. The number of halogens is 2. The van der Waals surface area contributed by atoms with Crippen LogP contribution in [0.3, 0.4) is 0 Å². The van der Waals surface area contributed by atoms with Gasteiger partial charge in [-0.05, 0) is 44.5 Å². The fourth-order valence-corrected chi connectivity index (χ4v) is 2.76. The van der Waals surface area contributed by atoms with E-state index >= 15 is 0 Å². The number of rotatable bonds is 9. The number of nitro benzene ring substituents is 1. The van der Waals surface area contributed by atoms with Gasteiger partial charge in [-0.2, -0.15) is 0 Å². The Morgan fingerprint density at radius 1 is 1.00 bits per heavy atom. The van der Waals surface area contributed by atoms with Crippen molar-refractivity contribution in [2.24, 2.45) is 5.92 Å². The monoisotopic (exact) mass is 451 g/mol. The predicted octanol–water partition coefficient (Wildman–Crippen LogP) is 3.90. The largest absolute Gasteiger partial charge is 0.465 e. The average molecular weight is 451 g/mol. The normalized spacial score (nSPS) is 10.6. The second-order valence-corrected chi connectivity index (χ2v) is 6.37. The van der Waals surface area contributed by atoms with Gasteiger partial charge in [0.1, 0.15) is 5.82 Å². The summed E-state index contributed by atoms with van der Waals surface area (Å²) < 4.78 is 41.9. The molecule has 2 aromatic carbocycles. The molecule has 11 heteroatoms. The first-order chi connectivity index (χ1) is 15.1. The van der Waals surface area contributed by atoms with Gasteiger partial charge in [0, 0.05) is 17.7 Å². The fourth-order valence-electron chi connectivity index (χ4n) is 2.76. The molecule has 0 atom stereocenters. The van der Waals surface area contributed by atoms with Gasteiger partial charge in [0.05, 0.1) is 18.1 Å². The Kier molecular flexibility index (Phi) is 7.94. The molecule has 0 heterocycles. The molecule has 2 aromatic rings. The Labute approximate surface area is 181 Å². The third-order valence-electron chi connectivity index (χ3n) is 4.19. The molecule has 0 saturated carbocycles. The van der Waals surface area contributed by atoms with E-state index in [-0.39, 0.29) is 24.3 Å². The first kappa shape index (κ1) is 24.4. The van der Waals surface area contributed by atoms with Crippen LogP contribution in [0, 0.1) is 34.6 Å². The van der Waals surface area contributed by atoms with Gasteiger partial charge in [-0.3, -0.25) is 24.5 Å². The quantitative estimate of drug-likeness (QED) is 0.185. The molecule has 0 N–H and O–H groups in total. The molecule has 0 radical (unpaired) electrons. The molecular formula is C21H19F2NO8. The summed E-state index contributed by atoms with van der Waals surface area (Å²) in [5.74, 6) is -8.43. The lowest BCUT2D eigenvalue weighted by molar-refractivity contribution is -0.385. The smallest absolute Gasteiger partial charge is 0.328 e. The fraction of sp³-hybridized carbons (Fsp3) is 0.286. The maximum atomic E-state index is 14.0. The summed E-state index contributed by atoms with van der Waals surface area (Å²) in [5, 5.41) is 11.4. The number of hydrogen-bond acceptors (Lipinski definition) is 8. The van der Waals surface area contributed by atoms with E-state index in [0.717, 1.165) is 24.3 Å². The van der Waals surface area contributed by atoms with Crippen molar-refractivity contribution < 1.29 is 42.3 Å². The van der Waals surface area contributed by atoms with E-state index in [4.69, 9.17) is 14.2 Å². The van der Waals surface area contributed by atoms with E-state index in [1.54, 1.807) is 0 Å². The number of carbonyl (C=O) groups is 3. The highest BCUT2D eigenvalue weighted by Crippen LogP contribution is 2.36. The molecule has 0 aliphatic carbocycles. The first-order valence-corrected chi connectivity index (χ1v) is 9.40. The Balaban J connectivity index is 2.58. The van der Waals surface area contributed by atoms with E-state index in [9.17, 15) is 33.3 Å². The molecule has 0 aliphatic rings. The number of nitrogens with zero attached hydrogens (tertiary/aromatic N) is 1. The number of benzene rings is 2. The van der Waals surface area contributed by atoms with E-state index in [2.05, 4.69) is 0 Å². The second kappa shape index (κ2) is 10.4. The van der Waals surface area contributed by atoms with Crippen LogP contribution in [-0.4, -0.2) is 35.9 Å². The van der Waals surface area contributed by atoms with Gasteiger partial charge in [-0.1, -0.05) is 0 Å². The number of hydrogen-bond donors (Lipinski definition) is 0. The molecule has 0 spiro atoms. The summed E-state index contributed by atoms with van der Waals surface area (Å²) in [6.07, 6.45) is 0. The van der Waals surface area contributed by atoms with Gasteiger partial charge in [0.2, 0.25) is 11.7 Å². The molecule has 0 amide bonds. The van der Waals surface area contributed by atoms with Crippen LogP contribution < -0.4 is 4.74 Å². The standard InChI is InChI=1S/C21H19F2NO8/c1-4-30-20(26)18(21(27)31-5-2)19(25)13-10-17(15(24(28)29)8-11(13)3)32-16-7-6-12(22)9-14(16)23/h6-10,18H,4-5H2,1-3H3. The second-order valence-electron chi connectivity index (χ2n) is 6.37. The molecule has 170 valence electrons. The first-order valence-electron chi connectivity index (χ1n) is 9.40. The van der Waals surface area contributed by atoms with Crippen LogP contribution in [0.1, 0.15) is 29.8 Å². The maximum absolute atomic E-state index is 14.0. The van der Waals surface area contributed by atoms with Gasteiger partial charge >= 0.3 is 17.6 Å². The molecular weight excluding hydrogens is 432 g/mol. The van der Waals surface area contributed by atoms with Crippen molar-refractivity contribution in [2.75, 3.05) is 13.2 Å². The van der Waals surface area contributed by atoms with Crippen molar-refractivity contribution >= 4 is 23.4 Å². The summed E-state index contributed by atoms with van der Waals surface area (Å²) in [5.41, 5.74) is -0.849. The van der Waals surface area contributed by atoms with Crippen LogP contribution >= 0.6 is 0 Å². The van der Waals surface area contributed by atoms with Crippen molar-refractivity contribution in [2.45, 2.75) is 20.8 Å². The summed E-state index contributed by atoms with van der Waals surface area (Å²) >= 11 is 0. The lowest BCUT2D eigenvalue weighted by Gasteiger charge is -2.16. The zero-order chi connectivity index (χ0) is 24.0. The van der Waals surface area contributed by atoms with Crippen LogP contribution in [0.2, 0.25) is 0 Å². The van der Waals surface area contributed by atoms with E-state index in [0.29, 0.717) is 6.07 Å². The number of Topliss-reactive ketones (excluding diaryl/α,β-unsaturated/α-hetero) is 1. The minimum Gasteiger partial charge on any atom is -0.465 e. The Morgan fingerprint density at radius 3 is 2.09 bits per heavy atom. The van der Waals surface area contributed by atoms with E-state index in [1.807, 2.05) is 0 Å². The van der Waals surface area contributed by atoms with Crippen LogP contribution in [0.15, 0.2) is 30.3 Å². The SMILES string of the molecule is CCOC(=O)C(C(=O)OCC)C(=O)c1cc(Oc2ccc(F)cc2F)c([N+](=O)[O-])cc1C. The van der Waals surface area contributed by atoms with Crippen molar-refractivity contribution in [3.8, 4) is 11.5 Å². The molecule has 9 nitrogen and oxygen atoms in total. The van der Waals surface area contributed by atoms with E-state index in [1.165, 1.54) is 20.8 Å². The molecule has 32 heavy (non-hydrogen) atoms. The Hall–Kier alpha value is -3.89. The van der Waals surface area contributed by atoms with Crippen molar-refractivity contribution in [3.05, 3.63) is 63.2 Å². The highest BCUT2D eigenvalue weighted by atomic mass is 19.1. The molecule has 0 aromatic heterocycles. The summed E-state index contributed by atoms with van der Waals surface area (Å²) in [4.78, 5) is 48.2. The highest BCUT2D eigenvalue weighted by Gasteiger charge is 2.39. The van der Waals surface area contributed by atoms with Crippen molar-refractivity contribution in [1.82, 2.24) is 0 Å². The number of esters is 2. The lowest BCUT2D eigenvalue weighted by atomic mass is 9.93. The summed E-state index contributed by atoms with van der Waals surface area (Å²) in [6.45, 7) is 4.07. The number of ketones is 1. The van der Waals surface area contributed by atoms with Gasteiger partial charge < -0.3 is 14.2 Å². The highest BCUT2D eigenvalue weighted by molar-refractivity contribution is 6.21. The van der Waals surface area contributed by atoms with Crippen LogP contribution in [0.5, 0.6) is 11.5 Å². The third-order valence-corrected chi connectivity index (χ3v) is 4.19. The van der Waals surface area contributed by atoms with Gasteiger partial charge in [-0.25, -0.2) is 8.78 Å². The lowest BCUT2D eigenvalue weighted by Crippen LogP contribution is -2.35. The minimum absolute atomic E-state index is 0.0484. The van der Waals surface area contributed by atoms with Crippen LogP contribution in [0.25, 0.3) is 0 Å². The Morgan fingerprint density at radius 2 is 1.59 bits per heavy atom. The molecule has 0 saturated heterocycles. The molecule has 2 rings (SSSR count). The van der Waals surface area contributed by atoms with E-state index < -0.39 is 57.4 Å². The topological polar surface area (TPSA) is 122 Å². The third kappa shape index (κ3) is 5.42. The van der Waals surface area contributed by atoms with Crippen molar-refractivity contribution in [3.63, 3.8) is 0 Å². The molecule has 0 aliphatic heterocycles. The number of aryl methyl sites for hydroxylation is 1. The number of ether oxygens (including phenoxy) is 3. The predicted molar refractivity (Wildman–Crippen MR) is 105 cm³/mol. The molecule has 0 fully saturated rings. The average Bonchev–Trinajstić information content (AvgIpc) is 2.71. The number of nitro groups is 1. The molecule has 0 bridgehead atoms. The number of carbonyl (C=O) groups excluding carboxylic acids is 3.